The lowest BCUT2D eigenvalue weighted by Gasteiger charge is -2.42. The molecule has 0 saturated carbocycles. The van der Waals surface area contributed by atoms with Crippen LogP contribution in [0.3, 0.4) is 0 Å². The molecule has 0 bridgehead atoms. The first-order valence-electron chi connectivity index (χ1n) is 23.4. The van der Waals surface area contributed by atoms with Crippen molar-refractivity contribution in [3.63, 3.8) is 0 Å². The van der Waals surface area contributed by atoms with E-state index >= 15 is 0 Å². The summed E-state index contributed by atoms with van der Waals surface area (Å²) in [6, 6.07) is 21.8. The van der Waals surface area contributed by atoms with Gasteiger partial charge in [0.05, 0.1) is 70.0 Å². The number of nitrogens with one attached hydrogen (secondary N) is 1. The Morgan fingerprint density at radius 1 is 0.431 bits per heavy atom. The van der Waals surface area contributed by atoms with E-state index in [0.717, 1.165) is 45.3 Å². The number of carbonyl (C=O) groups is 4. The fourth-order valence-electron chi connectivity index (χ4n) is 9.89. The number of likely N-dealkylation sites (tertiary alicyclic amines) is 2. The van der Waals surface area contributed by atoms with Crippen molar-refractivity contribution >= 4 is 23.9 Å². The summed E-state index contributed by atoms with van der Waals surface area (Å²) in [5.74, 6) is 5.13. The van der Waals surface area contributed by atoms with Crippen LogP contribution in [0.25, 0.3) is 0 Å². The van der Waals surface area contributed by atoms with Crippen LogP contribution >= 0.6 is 0 Å². The standard InChI is InChI=1S/C27H35N3O6.C25H31N3O6.2CH4/c1-6-30-26(32)29(18-20-13-23(35-4)16-24(14-20)36-5)25(31)27(30)7-9-28(10-8-27)17-19-11-21(33-2)15-22(12-19)34-3;1-31-19-9-17(10-20(13-19)32-2)15-27-7-5-25(6-8-27)23(29)28(24(30)26-25)16-18-11-21(33-3)14-22(12-18)34-4;;/h11-16H,6-10,17-18H2,1-5H3;9-14H,5-8,15-16H2,1-4H3,(H,26,30);2*1H4. The zero-order valence-corrected chi connectivity index (χ0v) is 41.8. The summed E-state index contributed by atoms with van der Waals surface area (Å²) >= 11 is 0. The fourth-order valence-corrected chi connectivity index (χ4v) is 9.89. The van der Waals surface area contributed by atoms with E-state index in [-0.39, 0.29) is 51.8 Å². The summed E-state index contributed by atoms with van der Waals surface area (Å²) in [5, 5.41) is 2.98. The van der Waals surface area contributed by atoms with E-state index < -0.39 is 11.1 Å². The van der Waals surface area contributed by atoms with Gasteiger partial charge < -0.3 is 48.1 Å². The number of piperidine rings is 2. The molecule has 72 heavy (non-hydrogen) atoms. The van der Waals surface area contributed by atoms with Gasteiger partial charge in [-0.2, -0.15) is 0 Å². The summed E-state index contributed by atoms with van der Waals surface area (Å²) in [6.07, 6.45) is 2.28. The Hall–Kier alpha value is -6.92. The van der Waals surface area contributed by atoms with Gasteiger partial charge >= 0.3 is 12.1 Å². The Morgan fingerprint density at radius 2 is 0.736 bits per heavy atom. The van der Waals surface area contributed by atoms with Crippen LogP contribution in [-0.2, 0) is 35.8 Å². The molecule has 392 valence electrons. The van der Waals surface area contributed by atoms with Gasteiger partial charge in [-0.3, -0.25) is 29.2 Å². The number of imide groups is 2. The zero-order chi connectivity index (χ0) is 50.2. The predicted octanol–water partition coefficient (Wildman–Crippen LogP) is 7.62. The molecule has 6 amide bonds. The molecule has 0 atom stereocenters. The van der Waals surface area contributed by atoms with Gasteiger partial charge in [-0.1, -0.05) is 14.9 Å². The van der Waals surface area contributed by atoms with Crippen LogP contribution in [-0.4, -0.2) is 149 Å². The molecule has 4 aromatic rings. The molecule has 4 heterocycles. The van der Waals surface area contributed by atoms with Gasteiger partial charge in [-0.15, -0.1) is 0 Å². The largest absolute Gasteiger partial charge is 0.497 e. The molecule has 2 spiro atoms. The highest BCUT2D eigenvalue weighted by atomic mass is 16.5. The van der Waals surface area contributed by atoms with Gasteiger partial charge in [0.15, 0.2) is 0 Å². The van der Waals surface area contributed by atoms with Crippen molar-refractivity contribution in [2.75, 3.05) is 89.6 Å². The van der Waals surface area contributed by atoms with Crippen molar-refractivity contribution in [3.8, 4) is 46.0 Å². The molecule has 0 aliphatic carbocycles. The van der Waals surface area contributed by atoms with E-state index in [4.69, 9.17) is 37.9 Å². The van der Waals surface area contributed by atoms with E-state index in [1.54, 1.807) is 86.0 Å². The van der Waals surface area contributed by atoms with Crippen LogP contribution in [0.15, 0.2) is 72.8 Å². The van der Waals surface area contributed by atoms with Crippen LogP contribution in [0.1, 0.15) is 69.7 Å². The van der Waals surface area contributed by atoms with Gasteiger partial charge in [0, 0.05) is 70.1 Å². The van der Waals surface area contributed by atoms with Crippen molar-refractivity contribution < 1.29 is 57.1 Å². The monoisotopic (exact) mass is 999 g/mol. The lowest BCUT2D eigenvalue weighted by molar-refractivity contribution is -0.136. The maximum absolute atomic E-state index is 13.8. The SMILES string of the molecule is C.C.CCN1C(=O)N(Cc2cc(OC)cc(OC)c2)C(=O)C12CCN(Cc1cc(OC)cc(OC)c1)CC2.COc1cc(CN2CCC3(CC2)NC(=O)N(Cc2cc(OC)cc(OC)c2)C3=O)cc(OC)c1. The highest BCUT2D eigenvalue weighted by Crippen LogP contribution is 2.39. The summed E-state index contributed by atoms with van der Waals surface area (Å²) in [4.78, 5) is 62.3. The highest BCUT2D eigenvalue weighted by molar-refractivity contribution is 6.07. The minimum atomic E-state index is -0.859. The number of hydrogen-bond acceptors (Lipinski definition) is 14. The molecular weight excluding hydrogens is 925 g/mol. The molecule has 0 radical (unpaired) electrons. The second-order valence-electron chi connectivity index (χ2n) is 17.8. The Kier molecular flexibility index (Phi) is 19.0. The van der Waals surface area contributed by atoms with Gasteiger partial charge in [-0.25, -0.2) is 9.59 Å². The van der Waals surface area contributed by atoms with Gasteiger partial charge in [0.25, 0.3) is 11.8 Å². The number of benzene rings is 4. The normalized spacial score (nSPS) is 17.1. The first-order valence-corrected chi connectivity index (χ1v) is 23.4. The quantitative estimate of drug-likeness (QED) is 0.103. The van der Waals surface area contributed by atoms with Crippen LogP contribution in [0.2, 0.25) is 0 Å². The Labute approximate surface area is 424 Å². The van der Waals surface area contributed by atoms with Crippen LogP contribution in [0, 0.1) is 0 Å². The first kappa shape index (κ1) is 56.0. The molecule has 4 aromatic carbocycles. The minimum absolute atomic E-state index is 0. The number of amides is 6. The third kappa shape index (κ3) is 12.0. The number of nitrogens with zero attached hydrogens (tertiary/aromatic N) is 5. The molecule has 18 heteroatoms. The first-order chi connectivity index (χ1) is 33.8. The molecule has 1 N–H and O–H groups in total. The van der Waals surface area contributed by atoms with Gasteiger partial charge in [0.1, 0.15) is 57.1 Å². The number of hydrogen-bond donors (Lipinski definition) is 1. The number of likely N-dealkylation sites (N-methyl/N-ethyl adjacent to an activating group) is 1. The fraction of sp³-hybridized carbons (Fsp3) is 0.481. The topological polar surface area (TPSA) is 170 Å². The second kappa shape index (κ2) is 24.5. The Bertz CT molecular complexity index is 2430. The number of rotatable bonds is 17. The van der Waals surface area contributed by atoms with Crippen molar-refractivity contribution in [2.24, 2.45) is 0 Å². The third-order valence-corrected chi connectivity index (χ3v) is 13.7. The van der Waals surface area contributed by atoms with Crippen LogP contribution < -0.4 is 43.2 Å². The van der Waals surface area contributed by atoms with E-state index in [1.165, 1.54) is 9.80 Å². The highest BCUT2D eigenvalue weighted by Gasteiger charge is 2.57. The zero-order valence-electron chi connectivity index (χ0n) is 41.8. The molecule has 4 aliphatic rings. The van der Waals surface area contributed by atoms with Crippen LogP contribution in [0.5, 0.6) is 46.0 Å². The number of urea groups is 2. The van der Waals surface area contributed by atoms with Gasteiger partial charge in [0.2, 0.25) is 0 Å². The van der Waals surface area contributed by atoms with Crippen LogP contribution in [0.4, 0.5) is 9.59 Å². The number of methoxy groups -OCH3 is 8. The lowest BCUT2D eigenvalue weighted by atomic mass is 9.85. The molecule has 8 rings (SSSR count). The lowest BCUT2D eigenvalue weighted by Crippen LogP contribution is -2.56. The van der Waals surface area contributed by atoms with E-state index in [9.17, 15) is 19.2 Å². The van der Waals surface area contributed by atoms with E-state index in [1.807, 2.05) is 55.5 Å². The molecule has 4 saturated heterocycles. The van der Waals surface area contributed by atoms with Crippen molar-refractivity contribution in [3.05, 3.63) is 95.1 Å². The second-order valence-corrected chi connectivity index (χ2v) is 17.8. The van der Waals surface area contributed by atoms with Crippen molar-refractivity contribution in [2.45, 2.75) is 84.7 Å². The average molecular weight is 999 g/mol. The molecule has 4 aliphatic heterocycles. The smallest absolute Gasteiger partial charge is 0.327 e. The maximum Gasteiger partial charge on any atom is 0.327 e. The predicted molar refractivity (Wildman–Crippen MR) is 274 cm³/mol. The van der Waals surface area contributed by atoms with Crippen molar-refractivity contribution in [1.82, 2.24) is 29.8 Å². The van der Waals surface area contributed by atoms with Crippen molar-refractivity contribution in [1.29, 1.82) is 0 Å². The minimum Gasteiger partial charge on any atom is -0.497 e. The van der Waals surface area contributed by atoms with Gasteiger partial charge in [-0.05, 0) is 103 Å². The summed E-state index contributed by atoms with van der Waals surface area (Å²) in [5.41, 5.74) is 2.03. The summed E-state index contributed by atoms with van der Waals surface area (Å²) in [6.45, 7) is 6.95. The Balaban J connectivity index is 0.000000261. The van der Waals surface area contributed by atoms with E-state index in [2.05, 4.69) is 15.1 Å². The van der Waals surface area contributed by atoms with E-state index in [0.29, 0.717) is 94.5 Å². The maximum atomic E-state index is 13.8. The summed E-state index contributed by atoms with van der Waals surface area (Å²) in [7, 11) is 12.8. The number of ether oxygens (including phenoxy) is 8. The molecule has 4 fully saturated rings. The molecule has 0 unspecified atom stereocenters. The molecule has 0 aromatic heterocycles. The Morgan fingerprint density at radius 3 is 1.06 bits per heavy atom. The molecular formula is C54H74N6O12. The number of carbonyl (C=O) groups excluding carboxylic acids is 4. The average Bonchev–Trinajstić information content (AvgIpc) is 3.72. The summed E-state index contributed by atoms with van der Waals surface area (Å²) < 4.78 is 42.9. The molecule has 18 nitrogen and oxygen atoms in total. The third-order valence-electron chi connectivity index (χ3n) is 13.7.